The van der Waals surface area contributed by atoms with Crippen molar-refractivity contribution in [3.05, 3.63) is 51.5 Å². The van der Waals surface area contributed by atoms with Crippen molar-refractivity contribution in [2.75, 3.05) is 25.6 Å². The molecule has 0 aliphatic rings. The molecule has 0 fully saturated rings. The average Bonchev–Trinajstić information content (AvgIpc) is 3.20. The molecule has 0 bridgehead atoms. The minimum atomic E-state index is -0.792. The number of benzene rings is 1. The van der Waals surface area contributed by atoms with Gasteiger partial charge in [-0.1, -0.05) is 38.1 Å². The molecule has 1 aromatic carbocycles. The second-order valence-electron chi connectivity index (χ2n) is 7.52. The molecule has 0 saturated heterocycles. The molecule has 0 saturated carbocycles. The SMILES string of the molecule is CC(C)c1csc(/C=C/c2cccc(C(SCCC(=O)O)SCCC(=O)N(C)C)c2)n1. The molecule has 1 atom stereocenters. The zero-order valence-corrected chi connectivity index (χ0v) is 20.9. The number of hydrogen-bond donors (Lipinski definition) is 1. The smallest absolute Gasteiger partial charge is 0.304 e. The van der Waals surface area contributed by atoms with E-state index < -0.39 is 5.97 Å². The first kappa shape index (κ1) is 25.5. The predicted octanol–water partition coefficient (Wildman–Crippen LogP) is 5.85. The van der Waals surface area contributed by atoms with E-state index in [1.54, 1.807) is 53.9 Å². The molecule has 1 heterocycles. The van der Waals surface area contributed by atoms with Crippen molar-refractivity contribution in [3.63, 3.8) is 0 Å². The summed E-state index contributed by atoms with van der Waals surface area (Å²) >= 11 is 4.95. The number of hydrogen-bond acceptors (Lipinski definition) is 6. The Labute approximate surface area is 197 Å². The van der Waals surface area contributed by atoms with Crippen molar-refractivity contribution in [2.24, 2.45) is 0 Å². The number of carbonyl (C=O) groups excluding carboxylic acids is 1. The molecule has 1 amide bonds. The van der Waals surface area contributed by atoms with Crippen molar-refractivity contribution in [3.8, 4) is 0 Å². The summed E-state index contributed by atoms with van der Waals surface area (Å²) in [7, 11) is 3.52. The molecule has 0 spiro atoms. The minimum Gasteiger partial charge on any atom is -0.481 e. The molecule has 1 aromatic heterocycles. The Bertz CT molecular complexity index is 894. The number of rotatable bonds is 12. The molecule has 2 rings (SSSR count). The normalized spacial score (nSPS) is 12.4. The van der Waals surface area contributed by atoms with Crippen molar-refractivity contribution in [1.29, 1.82) is 0 Å². The number of aliphatic carboxylic acids is 1. The Morgan fingerprint density at radius 1 is 1.16 bits per heavy atom. The molecule has 2 aromatic rings. The Hall–Kier alpha value is -1.77. The summed E-state index contributed by atoms with van der Waals surface area (Å²) in [4.78, 5) is 29.1. The highest BCUT2D eigenvalue weighted by molar-refractivity contribution is 8.16. The van der Waals surface area contributed by atoms with Crippen LogP contribution in [0.5, 0.6) is 0 Å². The van der Waals surface area contributed by atoms with Crippen LogP contribution in [0, 0.1) is 0 Å². The van der Waals surface area contributed by atoms with E-state index in [2.05, 4.69) is 48.5 Å². The summed E-state index contributed by atoms with van der Waals surface area (Å²) < 4.78 is 0.0788. The van der Waals surface area contributed by atoms with Crippen LogP contribution in [-0.2, 0) is 9.59 Å². The highest BCUT2D eigenvalue weighted by Gasteiger charge is 2.15. The van der Waals surface area contributed by atoms with Crippen LogP contribution in [0.2, 0.25) is 0 Å². The van der Waals surface area contributed by atoms with Gasteiger partial charge in [-0.2, -0.15) is 0 Å². The highest BCUT2D eigenvalue weighted by Crippen LogP contribution is 2.40. The zero-order chi connectivity index (χ0) is 22.8. The van der Waals surface area contributed by atoms with E-state index in [-0.39, 0.29) is 16.9 Å². The minimum absolute atomic E-state index is 0.0788. The van der Waals surface area contributed by atoms with E-state index in [1.807, 2.05) is 12.1 Å². The lowest BCUT2D eigenvalue weighted by Gasteiger charge is -2.18. The molecular formula is C23H30N2O3S3. The quantitative estimate of drug-likeness (QED) is 0.386. The highest BCUT2D eigenvalue weighted by atomic mass is 32.2. The number of amides is 1. The first-order chi connectivity index (χ1) is 14.8. The van der Waals surface area contributed by atoms with Gasteiger partial charge in [-0.05, 0) is 29.2 Å². The maximum atomic E-state index is 11.9. The fraction of sp³-hybridized carbons (Fsp3) is 0.435. The summed E-state index contributed by atoms with van der Waals surface area (Å²) in [5.74, 6) is 0.953. The molecule has 1 N–H and O–H groups in total. The van der Waals surface area contributed by atoms with Gasteiger partial charge in [0.25, 0.3) is 0 Å². The van der Waals surface area contributed by atoms with Gasteiger partial charge in [-0.3, -0.25) is 9.59 Å². The number of aromatic nitrogens is 1. The molecule has 0 aliphatic carbocycles. The van der Waals surface area contributed by atoms with Gasteiger partial charge >= 0.3 is 5.97 Å². The number of carboxylic acids is 1. The second-order valence-corrected chi connectivity index (χ2v) is 11.1. The second kappa shape index (κ2) is 12.9. The summed E-state index contributed by atoms with van der Waals surface area (Å²) in [6.07, 6.45) is 4.69. The fourth-order valence-electron chi connectivity index (χ4n) is 2.59. The maximum absolute atomic E-state index is 11.9. The van der Waals surface area contributed by atoms with Gasteiger partial charge in [0.2, 0.25) is 5.91 Å². The van der Waals surface area contributed by atoms with Crippen LogP contribution in [0.4, 0.5) is 0 Å². The molecular weight excluding hydrogens is 448 g/mol. The Morgan fingerprint density at radius 3 is 2.48 bits per heavy atom. The molecule has 31 heavy (non-hydrogen) atoms. The Balaban J connectivity index is 2.09. The van der Waals surface area contributed by atoms with E-state index in [0.717, 1.165) is 21.8 Å². The van der Waals surface area contributed by atoms with Crippen molar-refractivity contribution in [2.45, 2.75) is 37.2 Å². The van der Waals surface area contributed by atoms with Gasteiger partial charge < -0.3 is 10.0 Å². The van der Waals surface area contributed by atoms with Crippen LogP contribution < -0.4 is 0 Å². The third-order valence-electron chi connectivity index (χ3n) is 4.40. The third kappa shape index (κ3) is 9.09. The van der Waals surface area contributed by atoms with E-state index in [4.69, 9.17) is 5.11 Å². The van der Waals surface area contributed by atoms with Crippen LogP contribution in [0.3, 0.4) is 0 Å². The van der Waals surface area contributed by atoms with Crippen molar-refractivity contribution in [1.82, 2.24) is 9.88 Å². The van der Waals surface area contributed by atoms with Crippen LogP contribution in [0.25, 0.3) is 12.2 Å². The monoisotopic (exact) mass is 478 g/mol. The molecule has 8 heteroatoms. The third-order valence-corrected chi connectivity index (χ3v) is 8.08. The van der Waals surface area contributed by atoms with Gasteiger partial charge in [-0.15, -0.1) is 34.9 Å². The lowest BCUT2D eigenvalue weighted by Crippen LogP contribution is -2.21. The molecule has 168 valence electrons. The van der Waals surface area contributed by atoms with Gasteiger partial charge in [0.1, 0.15) is 5.01 Å². The van der Waals surface area contributed by atoms with Gasteiger partial charge in [-0.25, -0.2) is 4.98 Å². The summed E-state index contributed by atoms with van der Waals surface area (Å²) in [6.45, 7) is 4.27. The average molecular weight is 479 g/mol. The summed E-state index contributed by atoms with van der Waals surface area (Å²) in [5, 5.41) is 12.1. The number of carbonyl (C=O) groups is 2. The van der Waals surface area contributed by atoms with Gasteiger partial charge in [0.05, 0.1) is 16.7 Å². The van der Waals surface area contributed by atoms with Crippen LogP contribution >= 0.6 is 34.9 Å². The predicted molar refractivity (Wildman–Crippen MR) is 135 cm³/mol. The molecule has 1 unspecified atom stereocenters. The standard InChI is InChI=1S/C23H30N2O3S3/c1-16(2)19-15-31-20(24-19)9-8-17-6-5-7-18(14-17)23(30-13-11-22(27)28)29-12-10-21(26)25(3)4/h5-9,14-16,23H,10-13H2,1-4H3,(H,27,28)/b9-8+. The Morgan fingerprint density at radius 2 is 1.87 bits per heavy atom. The van der Waals surface area contributed by atoms with E-state index in [9.17, 15) is 9.59 Å². The van der Waals surface area contributed by atoms with E-state index >= 15 is 0 Å². The lowest BCUT2D eigenvalue weighted by molar-refractivity contribution is -0.136. The number of thiazole rings is 1. The zero-order valence-electron chi connectivity index (χ0n) is 18.4. The van der Waals surface area contributed by atoms with Gasteiger partial charge in [0, 0.05) is 37.4 Å². The molecule has 5 nitrogen and oxygen atoms in total. The van der Waals surface area contributed by atoms with Crippen LogP contribution in [-0.4, -0.2) is 52.5 Å². The molecule has 0 radical (unpaired) electrons. The Kier molecular flexibility index (Phi) is 10.6. The largest absolute Gasteiger partial charge is 0.481 e. The fourth-order valence-corrected chi connectivity index (χ4v) is 6.11. The number of carboxylic acid groups (broad SMARTS) is 1. The summed E-state index contributed by atoms with van der Waals surface area (Å²) in [5.41, 5.74) is 3.31. The maximum Gasteiger partial charge on any atom is 0.304 e. The molecule has 0 aliphatic heterocycles. The summed E-state index contributed by atoms with van der Waals surface area (Å²) in [6, 6.07) is 8.27. The van der Waals surface area contributed by atoms with E-state index in [0.29, 0.717) is 23.8 Å². The topological polar surface area (TPSA) is 70.5 Å². The number of thioether (sulfide) groups is 2. The first-order valence-electron chi connectivity index (χ1n) is 10.1. The van der Waals surface area contributed by atoms with Crippen molar-refractivity contribution >= 4 is 58.9 Å². The lowest BCUT2D eigenvalue weighted by atomic mass is 10.1. The number of nitrogens with zero attached hydrogens (tertiary/aromatic N) is 2. The van der Waals surface area contributed by atoms with Crippen LogP contribution in [0.1, 0.15) is 59.0 Å². The van der Waals surface area contributed by atoms with Gasteiger partial charge in [0.15, 0.2) is 0 Å². The van der Waals surface area contributed by atoms with Crippen molar-refractivity contribution < 1.29 is 14.7 Å². The van der Waals surface area contributed by atoms with Crippen LogP contribution in [0.15, 0.2) is 29.6 Å². The first-order valence-corrected chi connectivity index (χ1v) is 13.1. The van der Waals surface area contributed by atoms with E-state index in [1.165, 1.54) is 0 Å².